The molecule has 0 aromatic carbocycles. The first-order valence-electron chi connectivity index (χ1n) is 15.6. The normalized spacial score (nSPS) is 40.0. The quantitative estimate of drug-likeness (QED) is 0.451. The largest absolute Gasteiger partial charge is 0.457 e. The molecule has 0 radical (unpaired) electrons. The van der Waals surface area contributed by atoms with Gasteiger partial charge in [-0.25, -0.2) is 0 Å². The Labute approximate surface area is 247 Å². The Morgan fingerprint density at radius 3 is 2.74 bits per heavy atom. The lowest BCUT2D eigenvalue weighted by molar-refractivity contribution is -0.201. The predicted molar refractivity (Wildman–Crippen MR) is 154 cm³/mol. The summed E-state index contributed by atoms with van der Waals surface area (Å²) >= 11 is 0. The number of carbonyl (C=O) groups excluding carboxylic acids is 3. The molecular formula is C34H43NO7. The van der Waals surface area contributed by atoms with Gasteiger partial charge in [-0.2, -0.15) is 0 Å². The van der Waals surface area contributed by atoms with E-state index in [0.717, 1.165) is 37.0 Å². The number of ether oxygens (including phenoxy) is 3. The third kappa shape index (κ3) is 4.44. The molecule has 226 valence electrons. The molecule has 4 fully saturated rings. The second kappa shape index (κ2) is 10.8. The highest BCUT2D eigenvalue weighted by atomic mass is 16.7. The zero-order chi connectivity index (χ0) is 29.9. The van der Waals surface area contributed by atoms with Gasteiger partial charge in [-0.1, -0.05) is 51.8 Å². The Balaban J connectivity index is 1.26. The number of allylic oxidation sites excluding steroid dienone is 4. The van der Waals surface area contributed by atoms with E-state index in [1.54, 1.807) is 18.2 Å². The van der Waals surface area contributed by atoms with E-state index in [0.29, 0.717) is 25.0 Å². The SMILES string of the molecule is CCCC1O[C@@H]2CC3C4CCC5=CC(=O)C=C[C@]5(C)C4[C@@H](O)C[C@]3(C)[C@]2(C(=O)COC(=O)Cc2cccc(CC)n2)O1. The van der Waals surface area contributed by atoms with Crippen LogP contribution in [0.25, 0.3) is 0 Å². The fraction of sp³-hybridized carbons (Fsp3) is 0.647. The van der Waals surface area contributed by atoms with Gasteiger partial charge in [0.25, 0.3) is 0 Å². The van der Waals surface area contributed by atoms with E-state index in [9.17, 15) is 19.5 Å². The predicted octanol–water partition coefficient (Wildman–Crippen LogP) is 4.47. The molecule has 1 aliphatic heterocycles. The summed E-state index contributed by atoms with van der Waals surface area (Å²) in [6.45, 7) is 7.85. The van der Waals surface area contributed by atoms with E-state index >= 15 is 0 Å². The van der Waals surface area contributed by atoms with Crippen LogP contribution >= 0.6 is 0 Å². The highest BCUT2D eigenvalue weighted by Crippen LogP contribution is 2.69. The fourth-order valence-electron chi connectivity index (χ4n) is 9.28. The minimum atomic E-state index is -1.31. The second-order valence-electron chi connectivity index (χ2n) is 13.4. The summed E-state index contributed by atoms with van der Waals surface area (Å²) in [5, 5.41) is 11.9. The molecule has 1 N–H and O–H groups in total. The number of aliphatic hydroxyl groups excluding tert-OH is 1. The minimum Gasteiger partial charge on any atom is -0.457 e. The molecule has 1 aromatic rings. The average Bonchev–Trinajstić information content (AvgIpc) is 3.44. The summed E-state index contributed by atoms with van der Waals surface area (Å²) in [7, 11) is 0. The number of pyridine rings is 1. The minimum absolute atomic E-state index is 0.00294. The van der Waals surface area contributed by atoms with Crippen LogP contribution in [-0.2, 0) is 41.4 Å². The van der Waals surface area contributed by atoms with E-state index in [1.807, 2.05) is 25.1 Å². The van der Waals surface area contributed by atoms with Crippen LogP contribution in [0, 0.1) is 28.6 Å². The summed E-state index contributed by atoms with van der Waals surface area (Å²) in [5.74, 6) is -0.669. The van der Waals surface area contributed by atoms with Gasteiger partial charge in [0, 0.05) is 22.4 Å². The maximum atomic E-state index is 14.3. The molecule has 6 rings (SSSR count). The van der Waals surface area contributed by atoms with Crippen molar-refractivity contribution in [3.63, 3.8) is 0 Å². The number of fused-ring (bicyclic) bond motifs is 7. The second-order valence-corrected chi connectivity index (χ2v) is 13.4. The van der Waals surface area contributed by atoms with Crippen LogP contribution in [0.4, 0.5) is 0 Å². The van der Waals surface area contributed by atoms with Crippen molar-refractivity contribution in [2.45, 2.75) is 103 Å². The van der Waals surface area contributed by atoms with Crippen LogP contribution in [0.15, 0.2) is 42.0 Å². The Morgan fingerprint density at radius 2 is 1.98 bits per heavy atom. The zero-order valence-electron chi connectivity index (χ0n) is 25.1. The van der Waals surface area contributed by atoms with Crippen LogP contribution in [-0.4, -0.2) is 58.3 Å². The van der Waals surface area contributed by atoms with Crippen molar-refractivity contribution in [3.8, 4) is 0 Å². The highest BCUT2D eigenvalue weighted by molar-refractivity contribution is 6.01. The number of aliphatic hydroxyl groups is 1. The van der Waals surface area contributed by atoms with E-state index in [2.05, 4.69) is 25.8 Å². The van der Waals surface area contributed by atoms with Gasteiger partial charge in [0.2, 0.25) is 5.78 Å². The molecule has 1 aromatic heterocycles. The van der Waals surface area contributed by atoms with E-state index in [1.165, 1.54) is 0 Å². The molecule has 5 aliphatic rings. The standard InChI is InChI=1S/C34H43NO7/c1-5-8-30-41-28-17-25-24-12-11-20-15-23(36)13-14-32(20,3)31(24)26(37)18-33(25,4)34(28,42-30)27(38)19-40-29(39)16-22-10-7-9-21(6-2)35-22/h7,9-10,13-15,24-26,28,30-31,37H,5-6,8,11-12,16-19H2,1-4H3/t24?,25?,26-,28+,30?,31?,32-,33-,34+/m0/s1. The maximum Gasteiger partial charge on any atom is 0.312 e. The molecule has 4 unspecified atom stereocenters. The first kappa shape index (κ1) is 29.4. The van der Waals surface area contributed by atoms with Crippen LogP contribution in [0.3, 0.4) is 0 Å². The number of carbonyl (C=O) groups is 3. The van der Waals surface area contributed by atoms with Gasteiger partial charge < -0.3 is 19.3 Å². The lowest BCUT2D eigenvalue weighted by atomic mass is 9.46. The summed E-state index contributed by atoms with van der Waals surface area (Å²) in [4.78, 5) is 43.7. The van der Waals surface area contributed by atoms with Gasteiger partial charge in [0.1, 0.15) is 0 Å². The number of Topliss-reactive ketones (excluding diaryl/α,β-unsaturated/α-hetero) is 1. The first-order chi connectivity index (χ1) is 20.1. The monoisotopic (exact) mass is 577 g/mol. The Kier molecular flexibility index (Phi) is 7.55. The molecule has 3 saturated carbocycles. The molecule has 1 saturated heterocycles. The van der Waals surface area contributed by atoms with Crippen molar-refractivity contribution in [3.05, 3.63) is 53.4 Å². The Morgan fingerprint density at radius 1 is 1.19 bits per heavy atom. The van der Waals surface area contributed by atoms with Crippen molar-refractivity contribution in [1.82, 2.24) is 4.98 Å². The van der Waals surface area contributed by atoms with Gasteiger partial charge >= 0.3 is 5.97 Å². The molecule has 9 atom stereocenters. The first-order valence-corrected chi connectivity index (χ1v) is 15.6. The third-order valence-corrected chi connectivity index (χ3v) is 11.1. The van der Waals surface area contributed by atoms with Crippen LogP contribution < -0.4 is 0 Å². The molecule has 0 bridgehead atoms. The van der Waals surface area contributed by atoms with Crippen molar-refractivity contribution in [2.24, 2.45) is 28.6 Å². The highest BCUT2D eigenvalue weighted by Gasteiger charge is 2.75. The molecule has 0 amide bonds. The summed E-state index contributed by atoms with van der Waals surface area (Å²) in [6, 6.07) is 5.56. The maximum absolute atomic E-state index is 14.3. The van der Waals surface area contributed by atoms with Crippen LogP contribution in [0.1, 0.15) is 77.6 Å². The molecular weight excluding hydrogens is 534 g/mol. The number of hydrogen-bond donors (Lipinski definition) is 1. The van der Waals surface area contributed by atoms with Crippen molar-refractivity contribution in [2.75, 3.05) is 6.61 Å². The van der Waals surface area contributed by atoms with E-state index in [4.69, 9.17) is 14.2 Å². The molecule has 0 spiro atoms. The Hall–Kier alpha value is -2.68. The van der Waals surface area contributed by atoms with Gasteiger partial charge in [-0.3, -0.25) is 19.4 Å². The fourth-order valence-corrected chi connectivity index (χ4v) is 9.28. The van der Waals surface area contributed by atoms with E-state index in [-0.39, 0.29) is 35.7 Å². The van der Waals surface area contributed by atoms with Crippen molar-refractivity contribution >= 4 is 17.5 Å². The molecule has 42 heavy (non-hydrogen) atoms. The molecule has 2 heterocycles. The number of aryl methyl sites for hydroxylation is 1. The third-order valence-electron chi connectivity index (χ3n) is 11.1. The number of aromatic nitrogens is 1. The number of hydrogen-bond acceptors (Lipinski definition) is 8. The summed E-state index contributed by atoms with van der Waals surface area (Å²) < 4.78 is 18.7. The van der Waals surface area contributed by atoms with Gasteiger partial charge in [0.05, 0.1) is 24.3 Å². The van der Waals surface area contributed by atoms with Gasteiger partial charge in [0.15, 0.2) is 24.3 Å². The smallest absolute Gasteiger partial charge is 0.312 e. The molecule has 8 heteroatoms. The van der Waals surface area contributed by atoms with Crippen molar-refractivity contribution < 1.29 is 33.7 Å². The number of nitrogens with zero attached hydrogens (tertiary/aromatic N) is 1. The summed E-state index contributed by atoms with van der Waals surface area (Å²) in [5.41, 5.74) is 0.178. The average molecular weight is 578 g/mol. The lowest BCUT2D eigenvalue weighted by Gasteiger charge is -2.59. The topological polar surface area (TPSA) is 112 Å². The van der Waals surface area contributed by atoms with Crippen LogP contribution in [0.2, 0.25) is 0 Å². The molecule has 4 aliphatic carbocycles. The van der Waals surface area contributed by atoms with Crippen molar-refractivity contribution in [1.29, 1.82) is 0 Å². The lowest BCUT2D eigenvalue weighted by Crippen LogP contribution is -2.63. The van der Waals surface area contributed by atoms with Gasteiger partial charge in [-0.05, 0) is 74.6 Å². The number of ketones is 2. The molecule has 8 nitrogen and oxygen atoms in total. The number of rotatable bonds is 8. The zero-order valence-corrected chi connectivity index (χ0v) is 25.1. The summed E-state index contributed by atoms with van der Waals surface area (Å²) in [6.07, 6.45) is 8.56. The van der Waals surface area contributed by atoms with Gasteiger partial charge in [-0.15, -0.1) is 0 Å². The van der Waals surface area contributed by atoms with Crippen LogP contribution in [0.5, 0.6) is 0 Å². The Bertz CT molecular complexity index is 1340. The van der Waals surface area contributed by atoms with E-state index < -0.39 is 47.5 Å². The number of esters is 1.